The number of urea groups is 1. The number of carbonyl (C=O) groups is 3. The highest BCUT2D eigenvalue weighted by Crippen LogP contribution is 2.03. The average molecular weight is 274 g/mol. The van der Waals surface area contributed by atoms with Gasteiger partial charge >= 0.3 is 18.0 Å². The van der Waals surface area contributed by atoms with Gasteiger partial charge in [-0.15, -0.1) is 0 Å². The fraction of sp³-hybridized carbons (Fsp3) is 0.750. The van der Waals surface area contributed by atoms with Gasteiger partial charge in [-0.2, -0.15) is 0 Å². The number of hydrogen-bond donors (Lipinski definition) is 3. The van der Waals surface area contributed by atoms with E-state index >= 15 is 0 Å². The van der Waals surface area contributed by atoms with E-state index < -0.39 is 24.0 Å². The van der Waals surface area contributed by atoms with E-state index in [1.165, 1.54) is 7.11 Å². The van der Waals surface area contributed by atoms with Crippen molar-refractivity contribution in [3.63, 3.8) is 0 Å². The number of unbranched alkanes of at least 4 members (excludes halogenated alkanes) is 1. The third-order valence-electron chi connectivity index (χ3n) is 2.51. The van der Waals surface area contributed by atoms with Crippen LogP contribution in [0.1, 0.15) is 33.1 Å². The first-order valence-corrected chi connectivity index (χ1v) is 6.22. The van der Waals surface area contributed by atoms with E-state index in [1.54, 1.807) is 13.8 Å². The Hall–Kier alpha value is -1.79. The molecule has 0 aliphatic heterocycles. The predicted molar refractivity (Wildman–Crippen MR) is 68.7 cm³/mol. The quantitative estimate of drug-likeness (QED) is 0.447. The number of methoxy groups -OCH3 is 1. The third kappa shape index (κ3) is 8.01. The van der Waals surface area contributed by atoms with Crippen molar-refractivity contribution >= 4 is 18.0 Å². The standard InChI is InChI=1S/C12H22N2O5/c1-8(2)10(11(17)19-3)14-12(18)13-7-5-4-6-9(15)16/h8,10H,4-7H2,1-3H3,(H,15,16)(H2,13,14,18). The van der Waals surface area contributed by atoms with Gasteiger partial charge in [0.25, 0.3) is 0 Å². The molecule has 0 bridgehead atoms. The van der Waals surface area contributed by atoms with Crippen LogP contribution in [0.25, 0.3) is 0 Å². The minimum atomic E-state index is -0.852. The first-order valence-electron chi connectivity index (χ1n) is 6.22. The van der Waals surface area contributed by atoms with Crippen LogP contribution in [0.3, 0.4) is 0 Å². The van der Waals surface area contributed by atoms with Crippen LogP contribution in [0.4, 0.5) is 4.79 Å². The number of carboxylic acids is 1. The summed E-state index contributed by atoms with van der Waals surface area (Å²) in [6, 6.07) is -1.15. The zero-order valence-electron chi connectivity index (χ0n) is 11.6. The molecule has 0 radical (unpaired) electrons. The summed E-state index contributed by atoms with van der Waals surface area (Å²) in [5, 5.41) is 13.5. The fourth-order valence-electron chi connectivity index (χ4n) is 1.42. The second-order valence-corrected chi connectivity index (χ2v) is 4.50. The van der Waals surface area contributed by atoms with Gasteiger partial charge in [0.15, 0.2) is 0 Å². The second-order valence-electron chi connectivity index (χ2n) is 4.50. The summed E-state index contributed by atoms with van der Waals surface area (Å²) >= 11 is 0. The molecule has 0 rings (SSSR count). The van der Waals surface area contributed by atoms with Crippen molar-refractivity contribution in [3.05, 3.63) is 0 Å². The van der Waals surface area contributed by atoms with E-state index in [0.717, 1.165) is 0 Å². The normalized spacial score (nSPS) is 11.8. The number of nitrogens with one attached hydrogen (secondary N) is 2. The molecule has 0 aromatic heterocycles. The maximum atomic E-state index is 11.5. The molecule has 0 aliphatic rings. The molecule has 0 heterocycles. The van der Waals surface area contributed by atoms with Gasteiger partial charge in [0.2, 0.25) is 0 Å². The Balaban J connectivity index is 3.94. The average Bonchev–Trinajstić information content (AvgIpc) is 2.33. The highest BCUT2D eigenvalue weighted by atomic mass is 16.5. The van der Waals surface area contributed by atoms with E-state index in [2.05, 4.69) is 15.4 Å². The van der Waals surface area contributed by atoms with E-state index in [0.29, 0.717) is 19.4 Å². The molecule has 2 amide bonds. The molecule has 1 unspecified atom stereocenters. The minimum absolute atomic E-state index is 0.0785. The Morgan fingerprint density at radius 2 is 1.84 bits per heavy atom. The van der Waals surface area contributed by atoms with Crippen molar-refractivity contribution < 1.29 is 24.2 Å². The molecule has 3 N–H and O–H groups in total. The van der Waals surface area contributed by atoms with Crippen molar-refractivity contribution in [1.29, 1.82) is 0 Å². The zero-order valence-corrected chi connectivity index (χ0v) is 11.6. The van der Waals surface area contributed by atoms with Crippen LogP contribution in [0.2, 0.25) is 0 Å². The predicted octanol–water partition coefficient (Wildman–Crippen LogP) is 0.738. The van der Waals surface area contributed by atoms with Crippen molar-refractivity contribution in [3.8, 4) is 0 Å². The molecule has 0 aromatic rings. The van der Waals surface area contributed by atoms with Crippen LogP contribution >= 0.6 is 0 Å². The van der Waals surface area contributed by atoms with Crippen LogP contribution in [0, 0.1) is 5.92 Å². The first kappa shape index (κ1) is 17.2. The number of ether oxygens (including phenoxy) is 1. The largest absolute Gasteiger partial charge is 0.481 e. The summed E-state index contributed by atoms with van der Waals surface area (Å²) in [6.45, 7) is 3.97. The minimum Gasteiger partial charge on any atom is -0.481 e. The molecule has 110 valence electrons. The van der Waals surface area contributed by atoms with E-state index in [9.17, 15) is 14.4 Å². The topological polar surface area (TPSA) is 105 Å². The molecule has 7 nitrogen and oxygen atoms in total. The van der Waals surface area contributed by atoms with Gasteiger partial charge in [0.1, 0.15) is 6.04 Å². The van der Waals surface area contributed by atoms with Crippen LogP contribution in [0.15, 0.2) is 0 Å². The summed E-state index contributed by atoms with van der Waals surface area (Å²) in [4.78, 5) is 33.2. The van der Waals surface area contributed by atoms with Gasteiger partial charge in [-0.1, -0.05) is 13.8 Å². The molecule has 0 aliphatic carbocycles. The van der Waals surface area contributed by atoms with Gasteiger partial charge < -0.3 is 20.5 Å². The lowest BCUT2D eigenvalue weighted by Crippen LogP contribution is -2.49. The number of esters is 1. The number of aliphatic carboxylic acids is 1. The SMILES string of the molecule is COC(=O)C(NC(=O)NCCCCC(=O)O)C(C)C. The summed E-state index contributed by atoms with van der Waals surface area (Å²) in [5.74, 6) is -1.42. The number of carbonyl (C=O) groups excluding carboxylic acids is 2. The van der Waals surface area contributed by atoms with E-state index in [1.807, 2.05) is 0 Å². The van der Waals surface area contributed by atoms with E-state index in [4.69, 9.17) is 5.11 Å². The molecule has 0 saturated heterocycles. The lowest BCUT2D eigenvalue weighted by Gasteiger charge is -2.19. The smallest absolute Gasteiger partial charge is 0.328 e. The first-order chi connectivity index (χ1) is 8.88. The van der Waals surface area contributed by atoms with Crippen molar-refractivity contribution in [1.82, 2.24) is 10.6 Å². The number of amides is 2. The van der Waals surface area contributed by atoms with Gasteiger partial charge in [-0.3, -0.25) is 4.79 Å². The molecule has 0 aromatic carbocycles. The molecule has 0 fully saturated rings. The Kier molecular flexibility index (Phi) is 8.32. The number of hydrogen-bond acceptors (Lipinski definition) is 4. The van der Waals surface area contributed by atoms with Crippen molar-refractivity contribution in [2.24, 2.45) is 5.92 Å². The van der Waals surface area contributed by atoms with Crippen molar-refractivity contribution in [2.45, 2.75) is 39.2 Å². The summed E-state index contributed by atoms with van der Waals surface area (Å²) < 4.78 is 4.60. The molecule has 19 heavy (non-hydrogen) atoms. The molecular formula is C12H22N2O5. The fourth-order valence-corrected chi connectivity index (χ4v) is 1.42. The van der Waals surface area contributed by atoms with Crippen LogP contribution in [0.5, 0.6) is 0 Å². The molecule has 7 heteroatoms. The van der Waals surface area contributed by atoms with Crippen LogP contribution < -0.4 is 10.6 Å². The Bertz CT molecular complexity index is 317. The van der Waals surface area contributed by atoms with Gasteiger partial charge in [-0.25, -0.2) is 9.59 Å². The highest BCUT2D eigenvalue weighted by Gasteiger charge is 2.24. The van der Waals surface area contributed by atoms with Crippen LogP contribution in [-0.2, 0) is 14.3 Å². The number of carboxylic acid groups (broad SMARTS) is 1. The van der Waals surface area contributed by atoms with Gasteiger partial charge in [0.05, 0.1) is 7.11 Å². The van der Waals surface area contributed by atoms with E-state index in [-0.39, 0.29) is 12.3 Å². The molecular weight excluding hydrogens is 252 g/mol. The van der Waals surface area contributed by atoms with Gasteiger partial charge in [0, 0.05) is 13.0 Å². The second kappa shape index (κ2) is 9.18. The van der Waals surface area contributed by atoms with Gasteiger partial charge in [-0.05, 0) is 18.8 Å². The summed E-state index contributed by atoms with van der Waals surface area (Å²) in [6.07, 6.45) is 1.16. The molecule has 0 saturated carbocycles. The maximum Gasteiger partial charge on any atom is 0.328 e. The highest BCUT2D eigenvalue weighted by molar-refractivity contribution is 5.83. The van der Waals surface area contributed by atoms with Crippen molar-refractivity contribution in [2.75, 3.05) is 13.7 Å². The number of rotatable bonds is 8. The lowest BCUT2D eigenvalue weighted by molar-refractivity contribution is -0.144. The van der Waals surface area contributed by atoms with Crippen LogP contribution in [-0.4, -0.2) is 42.8 Å². The lowest BCUT2D eigenvalue weighted by atomic mass is 10.1. The monoisotopic (exact) mass is 274 g/mol. The summed E-state index contributed by atoms with van der Waals surface area (Å²) in [5.41, 5.74) is 0. The Morgan fingerprint density at radius 3 is 2.32 bits per heavy atom. The Morgan fingerprint density at radius 1 is 1.21 bits per heavy atom. The third-order valence-corrected chi connectivity index (χ3v) is 2.51. The summed E-state index contributed by atoms with van der Waals surface area (Å²) in [7, 11) is 1.27. The zero-order chi connectivity index (χ0) is 14.8. The maximum absolute atomic E-state index is 11.5. The molecule has 0 spiro atoms. The Labute approximate surface area is 112 Å². The molecule has 1 atom stereocenters.